The molecule has 0 fully saturated rings. The maximum absolute atomic E-state index is 12.8. The Balaban J connectivity index is 1.95. The van der Waals surface area contributed by atoms with Gasteiger partial charge in [-0.05, 0) is 30.5 Å². The quantitative estimate of drug-likeness (QED) is 0.867. The summed E-state index contributed by atoms with van der Waals surface area (Å²) >= 11 is 0. The van der Waals surface area contributed by atoms with Crippen LogP contribution in [0.25, 0.3) is 0 Å². The second kappa shape index (κ2) is 6.43. The Labute approximate surface area is 111 Å². The van der Waals surface area contributed by atoms with Gasteiger partial charge >= 0.3 is 0 Å². The highest BCUT2D eigenvalue weighted by molar-refractivity contribution is 5.17. The highest BCUT2D eigenvalue weighted by Crippen LogP contribution is 2.09. The predicted octanol–water partition coefficient (Wildman–Crippen LogP) is 1.97. The summed E-state index contributed by atoms with van der Waals surface area (Å²) in [4.78, 5) is 4.16. The van der Waals surface area contributed by atoms with Crippen LogP contribution >= 0.6 is 0 Å². The van der Waals surface area contributed by atoms with Gasteiger partial charge in [0.05, 0.1) is 6.10 Å². The van der Waals surface area contributed by atoms with Crippen LogP contribution in [-0.2, 0) is 19.4 Å². The number of hydrogen-bond donors (Lipinski definition) is 1. The lowest BCUT2D eigenvalue weighted by atomic mass is 10.1. The van der Waals surface area contributed by atoms with Gasteiger partial charge in [0.25, 0.3) is 0 Å². The van der Waals surface area contributed by atoms with E-state index in [0.29, 0.717) is 12.8 Å². The first kappa shape index (κ1) is 13.7. The molecule has 0 saturated carbocycles. The van der Waals surface area contributed by atoms with Crippen molar-refractivity contribution in [3.05, 3.63) is 47.8 Å². The third-order valence-corrected chi connectivity index (χ3v) is 2.93. The van der Waals surface area contributed by atoms with E-state index in [9.17, 15) is 9.50 Å². The molecular weight excluding hydrogens is 245 g/mol. The van der Waals surface area contributed by atoms with Crippen LogP contribution in [0, 0.1) is 5.82 Å². The minimum Gasteiger partial charge on any atom is -0.392 e. The van der Waals surface area contributed by atoms with Crippen molar-refractivity contribution >= 4 is 0 Å². The second-order valence-electron chi connectivity index (χ2n) is 4.59. The van der Waals surface area contributed by atoms with E-state index in [1.54, 1.807) is 12.1 Å². The van der Waals surface area contributed by atoms with E-state index in [1.165, 1.54) is 18.5 Å². The van der Waals surface area contributed by atoms with E-state index in [0.717, 1.165) is 24.4 Å². The van der Waals surface area contributed by atoms with Crippen LogP contribution in [0.2, 0.25) is 0 Å². The molecule has 5 heteroatoms. The number of aryl methyl sites for hydroxylation is 1. The second-order valence-corrected chi connectivity index (χ2v) is 4.59. The Kier molecular flexibility index (Phi) is 4.63. The monoisotopic (exact) mass is 263 g/mol. The van der Waals surface area contributed by atoms with E-state index in [2.05, 4.69) is 17.0 Å². The third kappa shape index (κ3) is 3.86. The molecule has 1 unspecified atom stereocenters. The molecule has 1 atom stereocenters. The van der Waals surface area contributed by atoms with E-state index in [4.69, 9.17) is 0 Å². The Morgan fingerprint density at radius 2 is 2.00 bits per heavy atom. The normalized spacial score (nSPS) is 12.6. The number of hydrogen-bond acceptors (Lipinski definition) is 3. The van der Waals surface area contributed by atoms with Crippen LogP contribution in [0.15, 0.2) is 30.6 Å². The molecule has 1 aromatic heterocycles. The standard InChI is InChI=1S/C14H18FN3O/c1-2-7-18-14(16-10-17-18)9-13(19)8-11-3-5-12(15)6-4-11/h3-6,10,13,19H,2,7-9H2,1H3. The number of aliphatic hydroxyl groups excluding tert-OH is 1. The first-order valence-corrected chi connectivity index (χ1v) is 6.48. The Morgan fingerprint density at radius 3 is 2.68 bits per heavy atom. The SMILES string of the molecule is CCCn1ncnc1CC(O)Cc1ccc(F)cc1. The van der Waals surface area contributed by atoms with Gasteiger partial charge in [-0.3, -0.25) is 4.68 Å². The molecule has 19 heavy (non-hydrogen) atoms. The van der Waals surface area contributed by atoms with Crippen molar-refractivity contribution in [2.24, 2.45) is 0 Å². The molecule has 0 radical (unpaired) electrons. The van der Waals surface area contributed by atoms with Gasteiger partial charge in [-0.25, -0.2) is 9.37 Å². The van der Waals surface area contributed by atoms with Crippen molar-refractivity contribution in [3.8, 4) is 0 Å². The molecule has 2 aromatic rings. The van der Waals surface area contributed by atoms with Crippen LogP contribution in [-0.4, -0.2) is 26.0 Å². The topological polar surface area (TPSA) is 50.9 Å². The Morgan fingerprint density at radius 1 is 1.26 bits per heavy atom. The molecule has 4 nitrogen and oxygen atoms in total. The fourth-order valence-electron chi connectivity index (χ4n) is 2.02. The summed E-state index contributed by atoms with van der Waals surface area (Å²) in [6, 6.07) is 6.19. The van der Waals surface area contributed by atoms with Gasteiger partial charge in [-0.15, -0.1) is 0 Å². The molecule has 0 aliphatic heterocycles. The molecule has 0 bridgehead atoms. The molecule has 1 N–H and O–H groups in total. The zero-order valence-corrected chi connectivity index (χ0v) is 11.0. The third-order valence-electron chi connectivity index (χ3n) is 2.93. The number of rotatable bonds is 6. The molecule has 2 rings (SSSR count). The Bertz CT molecular complexity index is 510. The number of nitrogens with zero attached hydrogens (tertiary/aromatic N) is 3. The van der Waals surface area contributed by atoms with Gasteiger partial charge in [-0.1, -0.05) is 19.1 Å². The molecule has 1 heterocycles. The number of halogens is 1. The maximum Gasteiger partial charge on any atom is 0.138 e. The van der Waals surface area contributed by atoms with E-state index in [1.807, 2.05) is 4.68 Å². The summed E-state index contributed by atoms with van der Waals surface area (Å²) in [5.41, 5.74) is 0.912. The minimum absolute atomic E-state index is 0.263. The van der Waals surface area contributed by atoms with Crippen LogP contribution in [0.3, 0.4) is 0 Å². The van der Waals surface area contributed by atoms with Crippen molar-refractivity contribution in [2.75, 3.05) is 0 Å². The van der Waals surface area contributed by atoms with Gasteiger partial charge in [0.15, 0.2) is 0 Å². The highest BCUT2D eigenvalue weighted by atomic mass is 19.1. The van der Waals surface area contributed by atoms with Gasteiger partial charge in [0.2, 0.25) is 0 Å². The zero-order valence-electron chi connectivity index (χ0n) is 11.0. The summed E-state index contributed by atoms with van der Waals surface area (Å²) in [6.45, 7) is 2.87. The molecule has 0 amide bonds. The highest BCUT2D eigenvalue weighted by Gasteiger charge is 2.11. The lowest BCUT2D eigenvalue weighted by molar-refractivity contribution is 0.171. The minimum atomic E-state index is -0.537. The van der Waals surface area contributed by atoms with Crippen molar-refractivity contribution in [1.82, 2.24) is 14.8 Å². The van der Waals surface area contributed by atoms with Gasteiger partial charge < -0.3 is 5.11 Å². The predicted molar refractivity (Wildman–Crippen MR) is 70.1 cm³/mol. The molecule has 0 saturated heterocycles. The summed E-state index contributed by atoms with van der Waals surface area (Å²) in [7, 11) is 0. The van der Waals surface area contributed by atoms with Crippen molar-refractivity contribution < 1.29 is 9.50 Å². The lowest BCUT2D eigenvalue weighted by Gasteiger charge is -2.11. The molecule has 102 valence electrons. The van der Waals surface area contributed by atoms with E-state index in [-0.39, 0.29) is 5.82 Å². The van der Waals surface area contributed by atoms with Crippen molar-refractivity contribution in [1.29, 1.82) is 0 Å². The molecule has 0 spiro atoms. The summed E-state index contributed by atoms with van der Waals surface area (Å²) < 4.78 is 14.6. The largest absolute Gasteiger partial charge is 0.392 e. The Hall–Kier alpha value is -1.75. The van der Waals surface area contributed by atoms with Crippen molar-refractivity contribution in [3.63, 3.8) is 0 Å². The first-order chi connectivity index (χ1) is 9.19. The number of benzene rings is 1. The average molecular weight is 263 g/mol. The molecule has 0 aliphatic rings. The van der Waals surface area contributed by atoms with Crippen LogP contribution in [0.5, 0.6) is 0 Å². The van der Waals surface area contributed by atoms with E-state index >= 15 is 0 Å². The van der Waals surface area contributed by atoms with Crippen LogP contribution < -0.4 is 0 Å². The van der Waals surface area contributed by atoms with Gasteiger partial charge in [0, 0.05) is 13.0 Å². The summed E-state index contributed by atoms with van der Waals surface area (Å²) in [5, 5.41) is 14.2. The van der Waals surface area contributed by atoms with Gasteiger partial charge in [-0.2, -0.15) is 5.10 Å². The fraction of sp³-hybridized carbons (Fsp3) is 0.429. The average Bonchev–Trinajstić information content (AvgIpc) is 2.80. The van der Waals surface area contributed by atoms with E-state index < -0.39 is 6.10 Å². The van der Waals surface area contributed by atoms with Gasteiger partial charge in [0.1, 0.15) is 18.0 Å². The lowest BCUT2D eigenvalue weighted by Crippen LogP contribution is -2.18. The summed E-state index contributed by atoms with van der Waals surface area (Å²) in [5.74, 6) is 0.525. The fourth-order valence-corrected chi connectivity index (χ4v) is 2.02. The molecule has 0 aliphatic carbocycles. The molecular formula is C14H18FN3O. The van der Waals surface area contributed by atoms with Crippen LogP contribution in [0.1, 0.15) is 24.7 Å². The maximum atomic E-state index is 12.8. The first-order valence-electron chi connectivity index (χ1n) is 6.48. The van der Waals surface area contributed by atoms with Crippen molar-refractivity contribution in [2.45, 2.75) is 38.8 Å². The summed E-state index contributed by atoms with van der Waals surface area (Å²) in [6.07, 6.45) is 2.89. The number of aliphatic hydroxyl groups is 1. The zero-order chi connectivity index (χ0) is 13.7. The smallest absolute Gasteiger partial charge is 0.138 e. The van der Waals surface area contributed by atoms with Crippen LogP contribution in [0.4, 0.5) is 4.39 Å². The molecule has 1 aromatic carbocycles. The number of aromatic nitrogens is 3.